The van der Waals surface area contributed by atoms with Gasteiger partial charge in [-0.25, -0.2) is 0 Å². The first kappa shape index (κ1) is 10.5. The first-order valence-corrected chi connectivity index (χ1v) is 4.38. The van der Waals surface area contributed by atoms with Gasteiger partial charge in [-0.15, -0.1) is 0 Å². The minimum atomic E-state index is -0.537. The van der Waals surface area contributed by atoms with Crippen LogP contribution in [0.15, 0.2) is 24.3 Å². The number of amides is 1. The molecule has 0 aliphatic heterocycles. The number of carbonyl (C=O) groups is 1. The predicted molar refractivity (Wildman–Crippen MR) is 53.9 cm³/mol. The summed E-state index contributed by atoms with van der Waals surface area (Å²) < 4.78 is 0. The molecular weight excluding hydrogens is 180 g/mol. The van der Waals surface area contributed by atoms with Gasteiger partial charge in [0.25, 0.3) is 0 Å². The van der Waals surface area contributed by atoms with Crippen molar-refractivity contribution in [3.8, 4) is 5.75 Å². The second-order valence-electron chi connectivity index (χ2n) is 3.09. The normalized spacial score (nSPS) is 12.1. The molecule has 0 radical (unpaired) electrons. The molecule has 0 aliphatic rings. The van der Waals surface area contributed by atoms with Gasteiger partial charge >= 0.3 is 0 Å². The van der Waals surface area contributed by atoms with E-state index < -0.39 is 6.04 Å². The molecular formula is C10H14N2O2. The number of phenolic OH excluding ortho intramolecular Hbond substituents is 1. The number of nitrogens with two attached hydrogens (primary N) is 1. The van der Waals surface area contributed by atoms with E-state index >= 15 is 0 Å². The summed E-state index contributed by atoms with van der Waals surface area (Å²) >= 11 is 0. The first-order chi connectivity index (χ1) is 6.63. The van der Waals surface area contributed by atoms with Gasteiger partial charge < -0.3 is 16.2 Å². The number of benzene rings is 1. The van der Waals surface area contributed by atoms with Gasteiger partial charge in [0.1, 0.15) is 5.75 Å². The molecule has 1 aromatic carbocycles. The second-order valence-corrected chi connectivity index (χ2v) is 3.09. The maximum atomic E-state index is 11.1. The lowest BCUT2D eigenvalue weighted by molar-refractivity contribution is -0.121. The molecule has 14 heavy (non-hydrogen) atoms. The van der Waals surface area contributed by atoms with Crippen LogP contribution in [0.1, 0.15) is 5.56 Å². The van der Waals surface area contributed by atoms with Crippen LogP contribution in [0.5, 0.6) is 5.75 Å². The third-order valence-corrected chi connectivity index (χ3v) is 1.98. The Labute approximate surface area is 82.7 Å². The van der Waals surface area contributed by atoms with Crippen LogP contribution in [0.3, 0.4) is 0 Å². The van der Waals surface area contributed by atoms with E-state index in [1.165, 1.54) is 0 Å². The summed E-state index contributed by atoms with van der Waals surface area (Å²) in [6.45, 7) is 0. The van der Waals surface area contributed by atoms with Gasteiger partial charge in [-0.1, -0.05) is 12.1 Å². The Kier molecular flexibility index (Phi) is 3.48. The lowest BCUT2D eigenvalue weighted by atomic mass is 10.1. The second kappa shape index (κ2) is 4.62. The summed E-state index contributed by atoms with van der Waals surface area (Å²) in [5, 5.41) is 11.5. The average molecular weight is 194 g/mol. The van der Waals surface area contributed by atoms with Crippen molar-refractivity contribution < 1.29 is 9.90 Å². The minimum absolute atomic E-state index is 0.182. The van der Waals surface area contributed by atoms with E-state index in [4.69, 9.17) is 10.8 Å². The van der Waals surface area contributed by atoms with E-state index in [1.807, 2.05) is 0 Å². The molecule has 0 saturated carbocycles. The van der Waals surface area contributed by atoms with Gasteiger partial charge in [-0.05, 0) is 24.1 Å². The fourth-order valence-electron chi connectivity index (χ4n) is 1.16. The molecule has 1 aromatic rings. The van der Waals surface area contributed by atoms with Crippen LogP contribution in [0.25, 0.3) is 0 Å². The monoisotopic (exact) mass is 194 g/mol. The molecule has 0 aromatic heterocycles. The Hall–Kier alpha value is -1.55. The van der Waals surface area contributed by atoms with Crippen LogP contribution >= 0.6 is 0 Å². The van der Waals surface area contributed by atoms with Crippen molar-refractivity contribution in [2.24, 2.45) is 5.73 Å². The number of likely N-dealkylation sites (N-methyl/N-ethyl adjacent to an activating group) is 1. The van der Waals surface area contributed by atoms with Crippen molar-refractivity contribution in [2.45, 2.75) is 12.5 Å². The quantitative estimate of drug-likeness (QED) is 0.634. The molecule has 0 saturated heterocycles. The number of hydrogen-bond donors (Lipinski definition) is 3. The van der Waals surface area contributed by atoms with E-state index in [0.29, 0.717) is 6.42 Å². The van der Waals surface area contributed by atoms with Crippen molar-refractivity contribution in [2.75, 3.05) is 7.05 Å². The minimum Gasteiger partial charge on any atom is -0.508 e. The zero-order valence-electron chi connectivity index (χ0n) is 8.03. The number of nitrogens with one attached hydrogen (secondary N) is 1. The van der Waals surface area contributed by atoms with E-state index in [1.54, 1.807) is 31.3 Å². The van der Waals surface area contributed by atoms with Gasteiger partial charge in [0.15, 0.2) is 0 Å². The fraction of sp³-hybridized carbons (Fsp3) is 0.300. The third-order valence-electron chi connectivity index (χ3n) is 1.98. The predicted octanol–water partition coefficient (Wildman–Crippen LogP) is 0.00800. The molecule has 1 rings (SSSR count). The van der Waals surface area contributed by atoms with Crippen molar-refractivity contribution in [3.05, 3.63) is 29.8 Å². The highest BCUT2D eigenvalue weighted by molar-refractivity contribution is 5.81. The van der Waals surface area contributed by atoms with Gasteiger partial charge in [-0.2, -0.15) is 0 Å². The average Bonchev–Trinajstić information content (AvgIpc) is 2.20. The molecule has 0 bridgehead atoms. The summed E-state index contributed by atoms with van der Waals surface area (Å²) in [5.41, 5.74) is 6.55. The maximum Gasteiger partial charge on any atom is 0.237 e. The van der Waals surface area contributed by atoms with Gasteiger partial charge in [0, 0.05) is 7.05 Å². The maximum absolute atomic E-state index is 11.1. The Morgan fingerprint density at radius 3 is 2.57 bits per heavy atom. The highest BCUT2D eigenvalue weighted by Crippen LogP contribution is 2.10. The summed E-state index contributed by atoms with van der Waals surface area (Å²) in [7, 11) is 1.55. The molecule has 0 heterocycles. The first-order valence-electron chi connectivity index (χ1n) is 4.38. The van der Waals surface area contributed by atoms with Crippen LogP contribution in [0, 0.1) is 0 Å². The van der Waals surface area contributed by atoms with Crippen molar-refractivity contribution in [1.82, 2.24) is 5.32 Å². The molecule has 4 heteroatoms. The Balaban J connectivity index is 2.60. The van der Waals surface area contributed by atoms with Crippen molar-refractivity contribution in [3.63, 3.8) is 0 Å². The molecule has 1 atom stereocenters. The Morgan fingerprint density at radius 2 is 2.07 bits per heavy atom. The largest absolute Gasteiger partial charge is 0.508 e. The Morgan fingerprint density at radius 1 is 1.50 bits per heavy atom. The zero-order chi connectivity index (χ0) is 10.6. The molecule has 4 N–H and O–H groups in total. The van der Waals surface area contributed by atoms with Crippen molar-refractivity contribution >= 4 is 5.91 Å². The van der Waals surface area contributed by atoms with Crippen LogP contribution in [0.2, 0.25) is 0 Å². The number of hydrogen-bond acceptors (Lipinski definition) is 3. The third kappa shape index (κ3) is 2.74. The molecule has 76 valence electrons. The molecule has 1 unspecified atom stereocenters. The number of carbonyl (C=O) groups excluding carboxylic acids is 1. The molecule has 0 fully saturated rings. The van der Waals surface area contributed by atoms with Gasteiger partial charge in [-0.3, -0.25) is 4.79 Å². The lowest BCUT2D eigenvalue weighted by Crippen LogP contribution is -2.40. The topological polar surface area (TPSA) is 75.4 Å². The summed E-state index contributed by atoms with van der Waals surface area (Å²) in [4.78, 5) is 11.1. The molecule has 0 spiro atoms. The van der Waals surface area contributed by atoms with Crippen molar-refractivity contribution in [1.29, 1.82) is 0 Å². The number of aromatic hydroxyl groups is 1. The summed E-state index contributed by atoms with van der Waals surface area (Å²) in [5.74, 6) is 0.0281. The number of rotatable bonds is 3. The van der Waals surface area contributed by atoms with Gasteiger partial charge in [0.05, 0.1) is 6.04 Å². The summed E-state index contributed by atoms with van der Waals surface area (Å²) in [6.07, 6.45) is 0.472. The molecule has 4 nitrogen and oxygen atoms in total. The van der Waals surface area contributed by atoms with E-state index in [0.717, 1.165) is 5.56 Å². The van der Waals surface area contributed by atoms with Gasteiger partial charge in [0.2, 0.25) is 5.91 Å². The van der Waals surface area contributed by atoms with Crippen LogP contribution in [0.4, 0.5) is 0 Å². The standard InChI is InChI=1S/C10H14N2O2/c1-12-10(14)9(11)6-7-2-4-8(13)5-3-7/h2-5,9,13H,6,11H2,1H3,(H,12,14). The Bertz CT molecular complexity index is 308. The van der Waals surface area contributed by atoms with E-state index in [-0.39, 0.29) is 11.7 Å². The molecule has 0 aliphatic carbocycles. The van der Waals surface area contributed by atoms with Crippen LogP contribution in [-0.2, 0) is 11.2 Å². The SMILES string of the molecule is CNC(=O)C(N)Cc1ccc(O)cc1. The smallest absolute Gasteiger partial charge is 0.237 e. The highest BCUT2D eigenvalue weighted by atomic mass is 16.3. The highest BCUT2D eigenvalue weighted by Gasteiger charge is 2.11. The fourth-order valence-corrected chi connectivity index (χ4v) is 1.16. The number of phenols is 1. The van der Waals surface area contributed by atoms with E-state index in [2.05, 4.69) is 5.32 Å². The lowest BCUT2D eigenvalue weighted by Gasteiger charge is -2.09. The van der Waals surface area contributed by atoms with E-state index in [9.17, 15) is 4.79 Å². The van der Waals surface area contributed by atoms with Crippen LogP contribution in [-0.4, -0.2) is 24.1 Å². The summed E-state index contributed by atoms with van der Waals surface area (Å²) in [6, 6.07) is 6.11. The van der Waals surface area contributed by atoms with Crippen LogP contribution < -0.4 is 11.1 Å². The zero-order valence-corrected chi connectivity index (χ0v) is 8.03. The molecule has 1 amide bonds.